The van der Waals surface area contributed by atoms with Gasteiger partial charge in [0.25, 0.3) is 0 Å². The number of halogens is 4. The van der Waals surface area contributed by atoms with Crippen molar-refractivity contribution < 1.29 is 27.2 Å². The molecule has 0 atom stereocenters. The zero-order valence-corrected chi connectivity index (χ0v) is 6.02. The predicted molar refractivity (Wildman–Crippen MR) is 34.9 cm³/mol. The molecule has 0 aliphatic rings. The molecule has 0 aliphatic heterocycles. The van der Waals surface area contributed by atoms with Crippen molar-refractivity contribution in [1.29, 1.82) is 0 Å². The Kier molecular flexibility index (Phi) is 2.77. The van der Waals surface area contributed by atoms with Gasteiger partial charge in [-0.15, -0.1) is 0 Å². The summed E-state index contributed by atoms with van der Waals surface area (Å²) in [6, 6.07) is 0.0366. The third-order valence-electron chi connectivity index (χ3n) is 1.24. The van der Waals surface area contributed by atoms with Crippen LogP contribution in [-0.2, 0) is 0 Å². The molecule has 0 heterocycles. The monoisotopic (exact) mass is 193 g/mol. The standard InChI is InChI=1S/C6H2BF4O2/c8-2-1-3(9)5(11)6(4(2)10)13-7-12/h1,12H. The van der Waals surface area contributed by atoms with Crippen LogP contribution in [0.4, 0.5) is 17.6 Å². The molecule has 0 aliphatic carbocycles. The number of hydrogen-bond donors (Lipinski definition) is 1. The molecular weight excluding hydrogens is 191 g/mol. The van der Waals surface area contributed by atoms with Gasteiger partial charge in [0.05, 0.1) is 0 Å². The summed E-state index contributed by atoms with van der Waals surface area (Å²) in [6.45, 7) is 0. The van der Waals surface area contributed by atoms with Crippen molar-refractivity contribution in [1.82, 2.24) is 0 Å². The van der Waals surface area contributed by atoms with Crippen molar-refractivity contribution >= 4 is 7.69 Å². The van der Waals surface area contributed by atoms with Crippen molar-refractivity contribution in [2.75, 3.05) is 0 Å². The van der Waals surface area contributed by atoms with Crippen LogP contribution >= 0.6 is 0 Å². The summed E-state index contributed by atoms with van der Waals surface area (Å²) in [7, 11) is -0.0830. The van der Waals surface area contributed by atoms with Gasteiger partial charge in [0.1, 0.15) is 0 Å². The molecule has 7 heteroatoms. The highest BCUT2D eigenvalue weighted by molar-refractivity contribution is 6.17. The van der Waals surface area contributed by atoms with E-state index in [9.17, 15) is 17.6 Å². The fourth-order valence-electron chi connectivity index (χ4n) is 0.707. The molecule has 0 aromatic heterocycles. The first kappa shape index (κ1) is 9.85. The molecule has 0 bridgehead atoms. The van der Waals surface area contributed by atoms with Crippen LogP contribution in [0.25, 0.3) is 0 Å². The van der Waals surface area contributed by atoms with E-state index in [1.165, 1.54) is 0 Å². The summed E-state index contributed by atoms with van der Waals surface area (Å²) in [6.07, 6.45) is 0. The Balaban J connectivity index is 3.28. The minimum atomic E-state index is -1.70. The summed E-state index contributed by atoms with van der Waals surface area (Å²) >= 11 is 0. The highest BCUT2D eigenvalue weighted by Gasteiger charge is 2.20. The van der Waals surface area contributed by atoms with Crippen LogP contribution < -0.4 is 4.65 Å². The summed E-state index contributed by atoms with van der Waals surface area (Å²) < 4.78 is 53.8. The lowest BCUT2D eigenvalue weighted by atomic mass is 10.2. The van der Waals surface area contributed by atoms with Crippen molar-refractivity contribution in [3.8, 4) is 5.75 Å². The van der Waals surface area contributed by atoms with Crippen molar-refractivity contribution in [3.05, 3.63) is 29.3 Å². The second-order valence-corrected chi connectivity index (χ2v) is 2.02. The normalized spacial score (nSPS) is 9.92. The molecule has 1 aromatic carbocycles. The highest BCUT2D eigenvalue weighted by Crippen LogP contribution is 2.25. The first-order valence-electron chi connectivity index (χ1n) is 3.03. The maximum Gasteiger partial charge on any atom is 0.569 e. The Morgan fingerprint density at radius 1 is 1.08 bits per heavy atom. The Morgan fingerprint density at radius 3 is 1.92 bits per heavy atom. The lowest BCUT2D eigenvalue weighted by Gasteiger charge is -2.05. The van der Waals surface area contributed by atoms with Crippen molar-refractivity contribution in [2.24, 2.45) is 0 Å². The maximum atomic E-state index is 12.6. The van der Waals surface area contributed by atoms with E-state index in [1.54, 1.807) is 0 Å². The minimum absolute atomic E-state index is 0.0366. The zero-order chi connectivity index (χ0) is 10.0. The van der Waals surface area contributed by atoms with Crippen LogP contribution in [0.5, 0.6) is 5.75 Å². The molecule has 0 amide bonds. The second kappa shape index (κ2) is 3.65. The molecule has 0 saturated carbocycles. The fourth-order valence-corrected chi connectivity index (χ4v) is 0.707. The zero-order valence-electron chi connectivity index (χ0n) is 6.02. The van der Waals surface area contributed by atoms with E-state index in [0.29, 0.717) is 0 Å². The molecule has 1 aromatic rings. The quantitative estimate of drug-likeness (QED) is 0.433. The Labute approximate surface area is 71.1 Å². The van der Waals surface area contributed by atoms with E-state index in [0.717, 1.165) is 0 Å². The van der Waals surface area contributed by atoms with Crippen LogP contribution in [0.1, 0.15) is 0 Å². The molecule has 1 rings (SSSR count). The average molecular weight is 193 g/mol. The molecule has 1 N–H and O–H groups in total. The van der Waals surface area contributed by atoms with Gasteiger partial charge in [-0.2, -0.15) is 8.78 Å². The van der Waals surface area contributed by atoms with Crippen molar-refractivity contribution in [3.63, 3.8) is 0 Å². The van der Waals surface area contributed by atoms with E-state index in [2.05, 4.69) is 4.65 Å². The van der Waals surface area contributed by atoms with Crippen LogP contribution in [0.3, 0.4) is 0 Å². The second-order valence-electron chi connectivity index (χ2n) is 2.02. The predicted octanol–water partition coefficient (Wildman–Crippen LogP) is 1.15. The summed E-state index contributed by atoms with van der Waals surface area (Å²) in [4.78, 5) is 0. The van der Waals surface area contributed by atoms with Gasteiger partial charge < -0.3 is 9.68 Å². The number of benzene rings is 1. The summed E-state index contributed by atoms with van der Waals surface area (Å²) in [5, 5.41) is 8.02. The third kappa shape index (κ3) is 1.75. The van der Waals surface area contributed by atoms with Gasteiger partial charge in [-0.3, -0.25) is 0 Å². The Bertz CT molecular complexity index is 305. The van der Waals surface area contributed by atoms with E-state index in [4.69, 9.17) is 5.02 Å². The van der Waals surface area contributed by atoms with Crippen LogP contribution in [0.2, 0.25) is 0 Å². The van der Waals surface area contributed by atoms with Crippen molar-refractivity contribution in [2.45, 2.75) is 0 Å². The molecular formula is C6H2BF4O2. The first-order valence-corrected chi connectivity index (χ1v) is 3.03. The van der Waals surface area contributed by atoms with E-state index in [1.807, 2.05) is 0 Å². The maximum absolute atomic E-state index is 12.6. The average Bonchev–Trinajstić information content (AvgIpc) is 2.09. The summed E-state index contributed by atoms with van der Waals surface area (Å²) in [5.41, 5.74) is 0. The summed E-state index contributed by atoms with van der Waals surface area (Å²) in [5.74, 6) is -7.93. The Hall–Kier alpha value is -1.24. The lowest BCUT2D eigenvalue weighted by Crippen LogP contribution is -2.06. The van der Waals surface area contributed by atoms with E-state index in [-0.39, 0.29) is 13.8 Å². The van der Waals surface area contributed by atoms with Gasteiger partial charge in [-0.25, -0.2) is 8.78 Å². The van der Waals surface area contributed by atoms with Gasteiger partial charge in [-0.1, -0.05) is 0 Å². The van der Waals surface area contributed by atoms with E-state index >= 15 is 0 Å². The molecule has 1 radical (unpaired) electrons. The minimum Gasteiger partial charge on any atom is -0.533 e. The van der Waals surface area contributed by atoms with Crippen LogP contribution in [-0.4, -0.2) is 12.7 Å². The smallest absolute Gasteiger partial charge is 0.533 e. The SMILES string of the molecule is O[B]Oc1c(F)c(F)cc(F)c1F. The van der Waals surface area contributed by atoms with Crippen LogP contribution in [0.15, 0.2) is 6.07 Å². The molecule has 0 saturated heterocycles. The highest BCUT2D eigenvalue weighted by atomic mass is 19.2. The topological polar surface area (TPSA) is 29.5 Å². The molecule has 0 unspecified atom stereocenters. The molecule has 69 valence electrons. The van der Waals surface area contributed by atoms with E-state index < -0.39 is 29.0 Å². The third-order valence-corrected chi connectivity index (χ3v) is 1.24. The Morgan fingerprint density at radius 2 is 1.54 bits per heavy atom. The molecule has 0 spiro atoms. The van der Waals surface area contributed by atoms with Crippen LogP contribution in [0, 0.1) is 23.3 Å². The lowest BCUT2D eigenvalue weighted by molar-refractivity contribution is 0.372. The van der Waals surface area contributed by atoms with Gasteiger partial charge >= 0.3 is 7.69 Å². The van der Waals surface area contributed by atoms with Gasteiger partial charge in [0.15, 0.2) is 17.4 Å². The molecule has 0 fully saturated rings. The number of rotatable bonds is 2. The largest absolute Gasteiger partial charge is 0.569 e. The molecule has 13 heavy (non-hydrogen) atoms. The van der Waals surface area contributed by atoms with Gasteiger partial charge in [-0.05, 0) is 0 Å². The molecule has 2 nitrogen and oxygen atoms in total. The first-order chi connectivity index (χ1) is 6.07. The number of hydrogen-bond acceptors (Lipinski definition) is 2. The van der Waals surface area contributed by atoms with Gasteiger partial charge in [0.2, 0.25) is 11.6 Å². The fraction of sp³-hybridized carbons (Fsp3) is 0. The van der Waals surface area contributed by atoms with Gasteiger partial charge in [0, 0.05) is 6.07 Å².